The van der Waals surface area contributed by atoms with Gasteiger partial charge in [-0.3, -0.25) is 19.2 Å². The van der Waals surface area contributed by atoms with Crippen LogP contribution in [0.2, 0.25) is 0 Å². The first-order valence-electron chi connectivity index (χ1n) is 6.87. The van der Waals surface area contributed by atoms with E-state index in [1.807, 2.05) is 13.8 Å². The Balaban J connectivity index is -0.0000000161. The second-order valence-electron chi connectivity index (χ2n) is 3.92. The van der Waals surface area contributed by atoms with Crippen molar-refractivity contribution in [3.05, 3.63) is 12.3 Å². The number of hydrogen-bond acceptors (Lipinski definition) is 6. The van der Waals surface area contributed by atoms with Crippen molar-refractivity contribution in [3.63, 3.8) is 0 Å². The maximum absolute atomic E-state index is 10.3. The van der Waals surface area contributed by atoms with Crippen LogP contribution < -0.4 is 5.32 Å². The molecule has 6 heteroatoms. The van der Waals surface area contributed by atoms with Crippen LogP contribution in [0.25, 0.3) is 0 Å². The predicted octanol–water partition coefficient (Wildman–Crippen LogP) is 6.12. The molecule has 0 aromatic heterocycles. The Hall–Kier alpha value is -2.11. The van der Waals surface area contributed by atoms with Crippen LogP contribution >= 0.6 is 0 Å². The minimum absolute atomic E-state index is 0. The summed E-state index contributed by atoms with van der Waals surface area (Å²) in [6.45, 7) is 13.0. The van der Waals surface area contributed by atoms with Crippen LogP contribution in [0, 0.1) is 0 Å². The maximum Gasteiger partial charge on any atom is 0.195 e. The molecule has 0 aliphatic heterocycles. The van der Waals surface area contributed by atoms with Crippen molar-refractivity contribution in [1.82, 2.24) is 5.32 Å². The van der Waals surface area contributed by atoms with Crippen LogP contribution in [0.5, 0.6) is 0 Å². The molecule has 178 valence electrons. The normalized spacial score (nSPS) is 5.82. The lowest BCUT2D eigenvalue weighted by Gasteiger charge is -1.98. The van der Waals surface area contributed by atoms with E-state index in [0.29, 0.717) is 12.7 Å². The Morgan fingerprint density at radius 2 is 1.07 bits per heavy atom. The number of Topliss-reactive ketones (excluding diaryl/α,β-unsaturated/α-hetero) is 4. The van der Waals surface area contributed by atoms with Crippen molar-refractivity contribution in [2.24, 2.45) is 0 Å². The van der Waals surface area contributed by atoms with Crippen LogP contribution in [0.15, 0.2) is 12.3 Å². The Kier molecular flexibility index (Phi) is 113. The van der Waals surface area contributed by atoms with Crippen LogP contribution in [-0.4, -0.2) is 36.5 Å². The summed E-state index contributed by atoms with van der Waals surface area (Å²) in [5, 5.41) is 2.78. The third-order valence-corrected chi connectivity index (χ3v) is 1.68. The van der Waals surface area contributed by atoms with Gasteiger partial charge in [-0.1, -0.05) is 65.0 Å². The van der Waals surface area contributed by atoms with E-state index >= 15 is 0 Å². The second-order valence-corrected chi connectivity index (χ2v) is 3.92. The summed E-state index contributed by atoms with van der Waals surface area (Å²) in [6.07, 6.45) is 1.10. The molecule has 0 atom stereocenters. The van der Waals surface area contributed by atoms with Crippen LogP contribution in [0.1, 0.15) is 100 Å². The van der Waals surface area contributed by atoms with Crippen molar-refractivity contribution in [2.75, 3.05) is 7.05 Å². The monoisotopic (exact) mass is 413 g/mol. The zero-order valence-electron chi connectivity index (χ0n) is 14.7. The fourth-order valence-electron chi connectivity index (χ4n) is 0.506. The van der Waals surface area contributed by atoms with E-state index in [1.54, 1.807) is 14.0 Å². The van der Waals surface area contributed by atoms with Gasteiger partial charge in [0.25, 0.3) is 0 Å². The van der Waals surface area contributed by atoms with Gasteiger partial charge in [0, 0.05) is 34.4 Å². The lowest BCUT2D eigenvalue weighted by Crippen LogP contribution is -2.07. The van der Waals surface area contributed by atoms with Crippen molar-refractivity contribution in [2.45, 2.75) is 98.9 Å². The summed E-state index contributed by atoms with van der Waals surface area (Å²) < 4.78 is 0. The molecular weight excluding hydrogens is 358 g/mol. The van der Waals surface area contributed by atoms with Gasteiger partial charge in [0.2, 0.25) is 0 Å². The Morgan fingerprint density at radius 3 is 1.11 bits per heavy atom. The standard InChI is InChI=1S/C6H11NO.2C4H6O2.C2H6.6CH4.H2/c1-5(7-3)4-6(2)8;1-4(6)2-3-5;1-3(5)4(2)6;1-2;;;;;;;/h7H,1,4H2,2-3H3;3H,2H2,1H3;1-2H3;1-2H3;6*1H4;1H. The first-order chi connectivity index (χ1) is 10.1. The molecule has 0 unspecified atom stereocenters. The molecule has 1 N–H and O–H groups in total. The molecule has 0 saturated heterocycles. The molecule has 0 aromatic rings. The van der Waals surface area contributed by atoms with Gasteiger partial charge in [-0.25, -0.2) is 0 Å². The number of rotatable bonds is 6. The molecule has 0 radical (unpaired) electrons. The van der Waals surface area contributed by atoms with Crippen molar-refractivity contribution in [3.8, 4) is 0 Å². The van der Waals surface area contributed by atoms with E-state index in [9.17, 15) is 24.0 Å². The summed E-state index contributed by atoms with van der Waals surface area (Å²) in [5.74, 6) is -0.695. The highest BCUT2D eigenvalue weighted by Gasteiger charge is 1.94. The topological polar surface area (TPSA) is 97.4 Å². The van der Waals surface area contributed by atoms with Crippen LogP contribution in [0.4, 0.5) is 0 Å². The Bertz CT molecular complexity index is 369. The Morgan fingerprint density at radius 1 is 0.786 bits per heavy atom. The fourth-order valence-corrected chi connectivity index (χ4v) is 0.506. The van der Waals surface area contributed by atoms with E-state index in [1.165, 1.54) is 20.8 Å². The number of aldehydes is 1. The molecule has 0 aromatic carbocycles. The smallest absolute Gasteiger partial charge is 0.195 e. The molecular formula is C22H55NO5. The van der Waals surface area contributed by atoms with Gasteiger partial charge in [-0.15, -0.1) is 0 Å². The molecule has 28 heavy (non-hydrogen) atoms. The third-order valence-electron chi connectivity index (χ3n) is 1.68. The minimum Gasteiger partial charge on any atom is -0.392 e. The highest BCUT2D eigenvalue weighted by molar-refractivity contribution is 6.35. The van der Waals surface area contributed by atoms with Crippen LogP contribution in [-0.2, 0) is 24.0 Å². The maximum atomic E-state index is 10.3. The quantitative estimate of drug-likeness (QED) is 0.320. The average molecular weight is 414 g/mol. The van der Waals surface area contributed by atoms with Gasteiger partial charge in [-0.2, -0.15) is 0 Å². The highest BCUT2D eigenvalue weighted by atomic mass is 16.2. The fraction of sp³-hybridized carbons (Fsp3) is 0.682. The molecule has 0 fully saturated rings. The van der Waals surface area contributed by atoms with Crippen LogP contribution in [0.3, 0.4) is 0 Å². The molecule has 0 saturated carbocycles. The summed E-state index contributed by atoms with van der Waals surface area (Å²) in [7, 11) is 1.76. The summed E-state index contributed by atoms with van der Waals surface area (Å²) in [6, 6.07) is 0. The zero-order valence-corrected chi connectivity index (χ0v) is 14.7. The predicted molar refractivity (Wildman–Crippen MR) is 130 cm³/mol. The van der Waals surface area contributed by atoms with Gasteiger partial charge in [-0.05, 0) is 13.8 Å². The number of carbonyl (C=O) groups is 5. The van der Waals surface area contributed by atoms with E-state index < -0.39 is 0 Å². The first-order valence-corrected chi connectivity index (χ1v) is 6.87. The average Bonchev–Trinajstić information content (AvgIpc) is 2.41. The lowest BCUT2D eigenvalue weighted by molar-refractivity contribution is -0.134. The molecule has 0 heterocycles. The van der Waals surface area contributed by atoms with Gasteiger partial charge >= 0.3 is 0 Å². The van der Waals surface area contributed by atoms with Crippen molar-refractivity contribution >= 4 is 29.4 Å². The molecule has 0 aliphatic carbocycles. The van der Waals surface area contributed by atoms with Gasteiger partial charge in [0.15, 0.2) is 11.6 Å². The summed E-state index contributed by atoms with van der Waals surface area (Å²) in [4.78, 5) is 49.1. The third kappa shape index (κ3) is 106. The number of carbonyl (C=O) groups excluding carboxylic acids is 5. The van der Waals surface area contributed by atoms with Gasteiger partial charge in [0.1, 0.15) is 17.9 Å². The van der Waals surface area contributed by atoms with Crippen molar-refractivity contribution < 1.29 is 25.4 Å². The summed E-state index contributed by atoms with van der Waals surface area (Å²) >= 11 is 0. The molecule has 0 aliphatic rings. The zero-order chi connectivity index (χ0) is 18.7. The van der Waals surface area contributed by atoms with Gasteiger partial charge < -0.3 is 10.1 Å². The Labute approximate surface area is 179 Å². The molecule has 6 nitrogen and oxygen atoms in total. The second kappa shape index (κ2) is 49.8. The minimum atomic E-state index is -0.380. The van der Waals surface area contributed by atoms with E-state index in [-0.39, 0.29) is 75.5 Å². The molecule has 0 spiro atoms. The molecule has 0 rings (SSSR count). The number of ketones is 4. The molecule has 0 amide bonds. The molecule has 0 bridgehead atoms. The number of allylic oxidation sites excluding steroid dienone is 1. The van der Waals surface area contributed by atoms with Gasteiger partial charge in [0.05, 0.1) is 6.42 Å². The summed E-state index contributed by atoms with van der Waals surface area (Å²) in [5.41, 5.74) is 0.775. The van der Waals surface area contributed by atoms with Crippen molar-refractivity contribution in [1.29, 1.82) is 0 Å². The number of hydrogen-bond donors (Lipinski definition) is 1. The van der Waals surface area contributed by atoms with E-state index in [0.717, 1.165) is 5.70 Å². The van der Waals surface area contributed by atoms with E-state index in [4.69, 9.17) is 0 Å². The SMILES string of the molecule is C.C.C.C.C.C.C=C(CC(C)=O)NC.CC.CC(=O)C(C)=O.CC(=O)CC=O.[HH]. The lowest BCUT2D eigenvalue weighted by atomic mass is 10.3. The number of nitrogens with one attached hydrogen (secondary N) is 1. The largest absolute Gasteiger partial charge is 0.392 e. The van der Waals surface area contributed by atoms with E-state index in [2.05, 4.69) is 11.9 Å². The first kappa shape index (κ1) is 63.5. The highest BCUT2D eigenvalue weighted by Crippen LogP contribution is 1.90.